The van der Waals surface area contributed by atoms with Crippen LogP contribution in [0.4, 0.5) is 13.2 Å². The van der Waals surface area contributed by atoms with E-state index in [-0.39, 0.29) is 6.54 Å². The summed E-state index contributed by atoms with van der Waals surface area (Å²) in [5.41, 5.74) is -0.124. The highest BCUT2D eigenvalue weighted by atomic mass is 19.4. The minimum absolute atomic E-state index is 0.149. The Morgan fingerprint density at radius 1 is 1.23 bits per heavy atom. The first-order chi connectivity index (χ1) is 14.8. The molecular weight excluding hydrogens is 409 g/mol. The van der Waals surface area contributed by atoms with Gasteiger partial charge in [0.15, 0.2) is 0 Å². The molecule has 0 saturated carbocycles. The molecule has 4 rings (SSSR count). The number of nitriles is 1. The van der Waals surface area contributed by atoms with Crippen LogP contribution in [-0.4, -0.2) is 35.7 Å². The third-order valence-corrected chi connectivity index (χ3v) is 5.18. The van der Waals surface area contributed by atoms with Crippen LogP contribution in [0.5, 0.6) is 0 Å². The summed E-state index contributed by atoms with van der Waals surface area (Å²) in [5, 5.41) is 26.9. The molecule has 0 saturated heterocycles. The van der Waals surface area contributed by atoms with Gasteiger partial charge in [-0.3, -0.25) is 4.98 Å². The Labute approximate surface area is 175 Å². The van der Waals surface area contributed by atoms with Crippen molar-refractivity contribution in [2.45, 2.75) is 31.7 Å². The second-order valence-corrected chi connectivity index (χ2v) is 7.10. The third-order valence-electron chi connectivity index (χ3n) is 5.18. The first-order valence-electron chi connectivity index (χ1n) is 9.41. The lowest BCUT2D eigenvalue weighted by molar-refractivity contribution is -0.269. The predicted octanol–water partition coefficient (Wildman–Crippen LogP) is 3.67. The minimum atomic E-state index is -4.86. The molecule has 4 heterocycles. The van der Waals surface area contributed by atoms with E-state index < -0.39 is 23.9 Å². The number of hydrogen-bond donors (Lipinski definition) is 1. The molecule has 0 fully saturated rings. The van der Waals surface area contributed by atoms with Crippen LogP contribution in [0, 0.1) is 11.3 Å². The summed E-state index contributed by atoms with van der Waals surface area (Å²) in [6.07, 6.45) is 0.769. The van der Waals surface area contributed by atoms with E-state index >= 15 is 0 Å². The number of alkyl halides is 3. The maximum atomic E-state index is 13.3. The normalized spacial score (nSPS) is 13.8. The van der Waals surface area contributed by atoms with Crippen LogP contribution in [0.25, 0.3) is 16.8 Å². The van der Waals surface area contributed by atoms with Crippen molar-refractivity contribution in [2.75, 3.05) is 0 Å². The van der Waals surface area contributed by atoms with Gasteiger partial charge in [0, 0.05) is 29.7 Å². The van der Waals surface area contributed by atoms with Crippen molar-refractivity contribution >= 4 is 5.52 Å². The molecule has 0 aliphatic carbocycles. The second-order valence-electron chi connectivity index (χ2n) is 7.10. The van der Waals surface area contributed by atoms with Gasteiger partial charge in [-0.2, -0.15) is 18.4 Å². The van der Waals surface area contributed by atoms with Crippen LogP contribution in [0.3, 0.4) is 0 Å². The number of nitrogens with zero attached hydrogens (tertiary/aromatic N) is 6. The van der Waals surface area contributed by atoms with Gasteiger partial charge in [0.05, 0.1) is 24.0 Å². The maximum absolute atomic E-state index is 13.3. The third kappa shape index (κ3) is 3.53. The van der Waals surface area contributed by atoms with Crippen molar-refractivity contribution in [1.82, 2.24) is 24.4 Å². The molecule has 1 unspecified atom stereocenters. The summed E-state index contributed by atoms with van der Waals surface area (Å²) < 4.78 is 42.9. The number of hydrogen-bond acceptors (Lipinski definition) is 5. The molecule has 0 bridgehead atoms. The van der Waals surface area contributed by atoms with E-state index in [9.17, 15) is 23.5 Å². The lowest BCUT2D eigenvalue weighted by Crippen LogP contribution is -2.42. The molecule has 158 valence electrons. The maximum Gasteiger partial charge on any atom is 0.423 e. The highest BCUT2D eigenvalue weighted by Gasteiger charge is 2.55. The van der Waals surface area contributed by atoms with Gasteiger partial charge in [0.2, 0.25) is 5.60 Å². The van der Waals surface area contributed by atoms with E-state index in [1.807, 2.05) is 16.5 Å². The number of halogens is 3. The molecule has 31 heavy (non-hydrogen) atoms. The van der Waals surface area contributed by atoms with Crippen LogP contribution in [0.2, 0.25) is 0 Å². The lowest BCUT2D eigenvalue weighted by atomic mass is 9.96. The van der Waals surface area contributed by atoms with Crippen LogP contribution < -0.4 is 0 Å². The van der Waals surface area contributed by atoms with Gasteiger partial charge >= 0.3 is 6.18 Å². The molecule has 0 aliphatic heterocycles. The van der Waals surface area contributed by atoms with E-state index in [1.54, 1.807) is 36.8 Å². The largest absolute Gasteiger partial charge is 0.423 e. The van der Waals surface area contributed by atoms with Gasteiger partial charge in [0.25, 0.3) is 0 Å². The highest BCUT2D eigenvalue weighted by Crippen LogP contribution is 2.40. The number of pyridine rings is 2. The zero-order valence-corrected chi connectivity index (χ0v) is 16.4. The smallest absolute Gasteiger partial charge is 0.375 e. The Bertz CT molecular complexity index is 1270. The Kier molecular flexibility index (Phi) is 4.99. The molecule has 0 radical (unpaired) electrons. The molecule has 4 aromatic rings. The Morgan fingerprint density at radius 3 is 2.68 bits per heavy atom. The zero-order chi connectivity index (χ0) is 22.2. The van der Waals surface area contributed by atoms with Crippen molar-refractivity contribution in [3.8, 4) is 17.3 Å². The first-order valence-corrected chi connectivity index (χ1v) is 9.41. The van der Waals surface area contributed by atoms with Crippen LogP contribution >= 0.6 is 0 Å². The van der Waals surface area contributed by atoms with Crippen molar-refractivity contribution in [3.63, 3.8) is 0 Å². The van der Waals surface area contributed by atoms with Gasteiger partial charge < -0.3 is 9.51 Å². The topological polar surface area (TPSA) is 92.0 Å². The standard InChI is InChI=1S/C21H17F3N6O/c1-2-20(31,21(22,23)24)18-13-29(28-27-18)12-14-5-7-30-17(8-14)9-16(10-25)19(30)15-4-3-6-26-11-15/h3-9,11,13,31H,2,12H2,1H3. The van der Waals surface area contributed by atoms with Crippen molar-refractivity contribution in [1.29, 1.82) is 5.26 Å². The monoisotopic (exact) mass is 426 g/mol. The van der Waals surface area contributed by atoms with Crippen LogP contribution in [0.15, 0.2) is 55.1 Å². The fourth-order valence-corrected chi connectivity index (χ4v) is 3.48. The van der Waals surface area contributed by atoms with Crippen molar-refractivity contribution < 1.29 is 18.3 Å². The fraction of sp³-hybridized carbons (Fsp3) is 0.238. The lowest BCUT2D eigenvalue weighted by Gasteiger charge is -2.26. The average Bonchev–Trinajstić information content (AvgIpc) is 3.37. The predicted molar refractivity (Wildman–Crippen MR) is 105 cm³/mol. The van der Waals surface area contributed by atoms with Gasteiger partial charge in [-0.15, -0.1) is 5.10 Å². The quantitative estimate of drug-likeness (QED) is 0.526. The summed E-state index contributed by atoms with van der Waals surface area (Å²) in [6, 6.07) is 11.2. The Morgan fingerprint density at radius 2 is 2.03 bits per heavy atom. The fourth-order valence-electron chi connectivity index (χ4n) is 3.48. The molecule has 1 N–H and O–H groups in total. The number of aromatic nitrogens is 5. The number of fused-ring (bicyclic) bond motifs is 1. The molecule has 10 heteroatoms. The molecule has 7 nitrogen and oxygen atoms in total. The summed E-state index contributed by atoms with van der Waals surface area (Å²) in [4.78, 5) is 4.10. The molecule has 0 spiro atoms. The van der Waals surface area contributed by atoms with E-state index in [4.69, 9.17) is 0 Å². The van der Waals surface area contributed by atoms with Gasteiger partial charge in [-0.25, -0.2) is 4.68 Å². The number of rotatable bonds is 5. The average molecular weight is 426 g/mol. The SMILES string of the molecule is CCC(O)(c1cn(Cc2ccn3c(-c4cccnc4)c(C#N)cc3c2)nn1)C(F)(F)F. The van der Waals surface area contributed by atoms with E-state index in [0.29, 0.717) is 11.3 Å². The molecule has 0 aromatic carbocycles. The van der Waals surface area contributed by atoms with Crippen molar-refractivity contribution in [3.05, 3.63) is 71.9 Å². The Hall–Kier alpha value is -3.71. The molecule has 1 atom stereocenters. The minimum Gasteiger partial charge on any atom is -0.375 e. The summed E-state index contributed by atoms with van der Waals surface area (Å²) in [6.45, 7) is 1.39. The second kappa shape index (κ2) is 7.52. The first kappa shape index (κ1) is 20.6. The van der Waals surface area contributed by atoms with Crippen LogP contribution in [-0.2, 0) is 12.1 Å². The van der Waals surface area contributed by atoms with Crippen LogP contribution in [0.1, 0.15) is 30.2 Å². The van der Waals surface area contributed by atoms with E-state index in [0.717, 1.165) is 22.8 Å². The molecule has 0 aliphatic rings. The van der Waals surface area contributed by atoms with E-state index in [1.165, 1.54) is 11.6 Å². The van der Waals surface area contributed by atoms with Crippen molar-refractivity contribution in [2.24, 2.45) is 0 Å². The van der Waals surface area contributed by atoms with Gasteiger partial charge in [-0.05, 0) is 42.3 Å². The highest BCUT2D eigenvalue weighted by molar-refractivity contribution is 5.74. The summed E-state index contributed by atoms with van der Waals surface area (Å²) in [7, 11) is 0. The van der Waals surface area contributed by atoms with Gasteiger partial charge in [-0.1, -0.05) is 12.1 Å². The van der Waals surface area contributed by atoms with Gasteiger partial charge in [0.1, 0.15) is 11.8 Å². The zero-order valence-electron chi connectivity index (χ0n) is 16.4. The summed E-state index contributed by atoms with van der Waals surface area (Å²) >= 11 is 0. The Balaban J connectivity index is 1.67. The molecular formula is C21H17F3N6O. The molecule has 0 amide bonds. The van der Waals surface area contributed by atoms with E-state index in [2.05, 4.69) is 21.4 Å². The summed E-state index contributed by atoms with van der Waals surface area (Å²) in [5.74, 6) is 0. The number of aliphatic hydroxyl groups is 1. The molecule has 4 aromatic heterocycles.